The van der Waals surface area contributed by atoms with Gasteiger partial charge in [0.05, 0.1) is 0 Å². The molecule has 0 unspecified atom stereocenters. The van der Waals surface area contributed by atoms with Gasteiger partial charge in [-0.1, -0.05) is 169 Å². The number of furan rings is 2. The van der Waals surface area contributed by atoms with E-state index in [0.717, 1.165) is 88.8 Å². The number of rotatable bonds is 8. The highest BCUT2D eigenvalue weighted by Gasteiger charge is 2.18. The first-order chi connectivity index (χ1) is 31.6. The third kappa shape index (κ3) is 6.63. The van der Waals surface area contributed by atoms with E-state index in [1.54, 1.807) is 0 Å². The lowest BCUT2D eigenvalue weighted by Gasteiger charge is -2.26. The van der Waals surface area contributed by atoms with E-state index in [2.05, 4.69) is 218 Å². The zero-order chi connectivity index (χ0) is 42.6. The van der Waals surface area contributed by atoms with Crippen LogP contribution in [0.15, 0.2) is 239 Å². The molecule has 2 heterocycles. The Labute approximate surface area is 371 Å². The molecule has 0 aliphatic carbocycles. The second kappa shape index (κ2) is 15.5. The van der Waals surface area contributed by atoms with Crippen LogP contribution in [0.25, 0.3) is 99.5 Å². The normalized spacial score (nSPS) is 11.5. The third-order valence-corrected chi connectivity index (χ3v) is 12.6. The fourth-order valence-corrected chi connectivity index (χ4v) is 9.28. The van der Waals surface area contributed by atoms with Crippen LogP contribution in [0.3, 0.4) is 0 Å². The molecule has 10 aromatic carbocycles. The summed E-state index contributed by atoms with van der Waals surface area (Å²) in [5.41, 5.74) is 19.4. The molecule has 64 heavy (non-hydrogen) atoms. The van der Waals surface area contributed by atoms with E-state index in [9.17, 15) is 0 Å². The summed E-state index contributed by atoms with van der Waals surface area (Å²) >= 11 is 0. The minimum atomic E-state index is 0.898. The van der Waals surface area contributed by atoms with Gasteiger partial charge in [0, 0.05) is 49.7 Å². The predicted octanol–water partition coefficient (Wildman–Crippen LogP) is 17.6. The molecule has 12 aromatic rings. The lowest BCUT2D eigenvalue weighted by Crippen LogP contribution is -2.09. The quantitative estimate of drug-likeness (QED) is 0.153. The molecule has 3 nitrogen and oxygen atoms in total. The van der Waals surface area contributed by atoms with Crippen LogP contribution < -0.4 is 4.90 Å². The highest BCUT2D eigenvalue weighted by molar-refractivity contribution is 6.10. The monoisotopic (exact) mass is 819 g/mol. The number of para-hydroxylation sites is 4. The number of nitrogens with zero attached hydrogens (tertiary/aromatic N) is 1. The van der Waals surface area contributed by atoms with Gasteiger partial charge < -0.3 is 13.7 Å². The lowest BCUT2D eigenvalue weighted by molar-refractivity contribution is 0.669. The summed E-state index contributed by atoms with van der Waals surface area (Å²) in [4.78, 5) is 2.33. The zero-order valence-corrected chi connectivity index (χ0v) is 35.2. The summed E-state index contributed by atoms with van der Waals surface area (Å²) in [7, 11) is 0. The second-order valence-electron chi connectivity index (χ2n) is 16.6. The summed E-state index contributed by atoms with van der Waals surface area (Å²) < 4.78 is 12.9. The van der Waals surface area contributed by atoms with Crippen molar-refractivity contribution in [1.29, 1.82) is 0 Å². The first-order valence-corrected chi connectivity index (χ1v) is 21.8. The van der Waals surface area contributed by atoms with Crippen LogP contribution in [0.2, 0.25) is 0 Å². The van der Waals surface area contributed by atoms with Crippen molar-refractivity contribution >= 4 is 60.9 Å². The number of benzene rings is 10. The molecular formula is C61H41NO2. The summed E-state index contributed by atoms with van der Waals surface area (Å²) in [5, 5.41) is 4.50. The van der Waals surface area contributed by atoms with E-state index in [0.29, 0.717) is 0 Å². The molecule has 0 N–H and O–H groups in total. The highest BCUT2D eigenvalue weighted by atomic mass is 16.3. The Bertz CT molecular complexity index is 3480. The summed E-state index contributed by atoms with van der Waals surface area (Å²) in [6.45, 7) is 2.13. The standard InChI is InChI=1S/C61H41NO2/c1-40-21-23-42(24-22-40)47-37-46(41-11-3-2-4-12-41)38-48(39-47)43-25-31-49(32-26-43)62(50-33-27-44(28-34-50)52-15-9-17-56-54-13-5-7-19-58(54)63-60(52)56)51-35-29-45(30-36-51)53-16-10-18-57-55-14-6-8-20-59(55)64-61(53)57/h2-39H,1H3. The van der Waals surface area contributed by atoms with Gasteiger partial charge in [-0.05, 0) is 118 Å². The van der Waals surface area contributed by atoms with Crippen molar-refractivity contribution in [3.8, 4) is 55.6 Å². The van der Waals surface area contributed by atoms with Crippen molar-refractivity contribution in [3.05, 3.63) is 236 Å². The molecule has 0 saturated heterocycles. The number of hydrogen-bond acceptors (Lipinski definition) is 3. The number of anilines is 3. The van der Waals surface area contributed by atoms with Crippen LogP contribution in [0, 0.1) is 6.92 Å². The third-order valence-electron chi connectivity index (χ3n) is 12.6. The Balaban J connectivity index is 0.950. The van der Waals surface area contributed by atoms with E-state index >= 15 is 0 Å². The van der Waals surface area contributed by atoms with Crippen molar-refractivity contribution < 1.29 is 8.83 Å². The first kappa shape index (κ1) is 37.4. The van der Waals surface area contributed by atoms with Crippen molar-refractivity contribution in [2.24, 2.45) is 0 Å². The molecule has 0 aliphatic rings. The van der Waals surface area contributed by atoms with E-state index in [4.69, 9.17) is 8.83 Å². The summed E-state index contributed by atoms with van der Waals surface area (Å²) in [6, 6.07) is 82.4. The Morgan fingerprint density at radius 2 is 0.641 bits per heavy atom. The average molecular weight is 820 g/mol. The molecule has 302 valence electrons. The molecule has 0 bridgehead atoms. The Kier molecular flexibility index (Phi) is 9.05. The fraction of sp³-hybridized carbons (Fsp3) is 0.0164. The van der Waals surface area contributed by atoms with Gasteiger partial charge in [-0.15, -0.1) is 0 Å². The minimum Gasteiger partial charge on any atom is -0.455 e. The van der Waals surface area contributed by atoms with E-state index in [1.165, 1.54) is 33.4 Å². The van der Waals surface area contributed by atoms with Crippen molar-refractivity contribution in [2.75, 3.05) is 4.90 Å². The highest BCUT2D eigenvalue weighted by Crippen LogP contribution is 2.42. The number of hydrogen-bond donors (Lipinski definition) is 0. The van der Waals surface area contributed by atoms with Crippen LogP contribution >= 0.6 is 0 Å². The largest absolute Gasteiger partial charge is 0.455 e. The van der Waals surface area contributed by atoms with Gasteiger partial charge in [0.2, 0.25) is 0 Å². The first-order valence-electron chi connectivity index (χ1n) is 21.8. The maximum Gasteiger partial charge on any atom is 0.143 e. The van der Waals surface area contributed by atoms with Crippen molar-refractivity contribution in [2.45, 2.75) is 6.92 Å². The molecule has 0 fully saturated rings. The van der Waals surface area contributed by atoms with Crippen LogP contribution in [-0.4, -0.2) is 0 Å². The van der Waals surface area contributed by atoms with Gasteiger partial charge in [-0.3, -0.25) is 0 Å². The predicted molar refractivity (Wildman–Crippen MR) is 268 cm³/mol. The molecular weight excluding hydrogens is 779 g/mol. The van der Waals surface area contributed by atoms with E-state index in [-0.39, 0.29) is 0 Å². The maximum atomic E-state index is 6.45. The van der Waals surface area contributed by atoms with Gasteiger partial charge in [-0.2, -0.15) is 0 Å². The molecule has 0 saturated carbocycles. The molecule has 0 radical (unpaired) electrons. The van der Waals surface area contributed by atoms with Crippen molar-refractivity contribution in [1.82, 2.24) is 0 Å². The molecule has 0 amide bonds. The second-order valence-corrected chi connectivity index (χ2v) is 16.6. The van der Waals surface area contributed by atoms with Crippen molar-refractivity contribution in [3.63, 3.8) is 0 Å². The summed E-state index contributed by atoms with van der Waals surface area (Å²) in [6.07, 6.45) is 0. The average Bonchev–Trinajstić information content (AvgIpc) is 3.94. The minimum absolute atomic E-state index is 0.898. The molecule has 2 aromatic heterocycles. The van der Waals surface area contributed by atoms with Gasteiger partial charge in [0.25, 0.3) is 0 Å². The van der Waals surface area contributed by atoms with Crippen LogP contribution in [0.4, 0.5) is 17.1 Å². The van der Waals surface area contributed by atoms with Crippen LogP contribution in [0.5, 0.6) is 0 Å². The topological polar surface area (TPSA) is 29.5 Å². The number of aryl methyl sites for hydroxylation is 1. The summed E-state index contributed by atoms with van der Waals surface area (Å²) in [5.74, 6) is 0. The molecule has 0 aliphatic heterocycles. The van der Waals surface area contributed by atoms with E-state index in [1.807, 2.05) is 24.3 Å². The van der Waals surface area contributed by atoms with Gasteiger partial charge in [-0.25, -0.2) is 0 Å². The maximum absolute atomic E-state index is 6.45. The fourth-order valence-electron chi connectivity index (χ4n) is 9.28. The molecule has 0 atom stereocenters. The zero-order valence-electron chi connectivity index (χ0n) is 35.2. The lowest BCUT2D eigenvalue weighted by atomic mass is 9.93. The van der Waals surface area contributed by atoms with E-state index < -0.39 is 0 Å². The van der Waals surface area contributed by atoms with Gasteiger partial charge >= 0.3 is 0 Å². The Morgan fingerprint density at radius 1 is 0.281 bits per heavy atom. The molecule has 3 heteroatoms. The molecule has 12 rings (SSSR count). The Morgan fingerprint density at radius 3 is 1.09 bits per heavy atom. The SMILES string of the molecule is Cc1ccc(-c2cc(-c3ccccc3)cc(-c3ccc(N(c4ccc(-c5cccc6c5oc5ccccc56)cc4)c4ccc(-c5cccc6c5oc5ccccc56)cc4)cc3)c2)cc1. The number of fused-ring (bicyclic) bond motifs is 6. The van der Waals surface area contributed by atoms with Crippen LogP contribution in [-0.2, 0) is 0 Å². The molecule has 0 spiro atoms. The van der Waals surface area contributed by atoms with Gasteiger partial charge in [0.15, 0.2) is 0 Å². The van der Waals surface area contributed by atoms with Crippen LogP contribution in [0.1, 0.15) is 5.56 Å². The van der Waals surface area contributed by atoms with Gasteiger partial charge in [0.1, 0.15) is 22.3 Å². The Hall–Kier alpha value is -8.40. The smallest absolute Gasteiger partial charge is 0.143 e.